The molecule has 26 heavy (non-hydrogen) atoms. The maximum Gasteiger partial charge on any atom is 0.231 e. The minimum Gasteiger partial charge on any atom is -0.454 e. The van der Waals surface area contributed by atoms with Crippen molar-refractivity contribution in [2.24, 2.45) is 0 Å². The van der Waals surface area contributed by atoms with E-state index in [2.05, 4.69) is 20.6 Å². The second-order valence-corrected chi connectivity index (χ2v) is 6.50. The second kappa shape index (κ2) is 6.90. The van der Waals surface area contributed by atoms with Gasteiger partial charge in [-0.1, -0.05) is 23.2 Å². The maximum absolute atomic E-state index is 6.20. The fourth-order valence-electron chi connectivity index (χ4n) is 2.52. The predicted molar refractivity (Wildman–Crippen MR) is 102 cm³/mol. The third-order valence-electron chi connectivity index (χ3n) is 3.67. The number of anilines is 4. The Morgan fingerprint density at radius 1 is 0.923 bits per heavy atom. The minimum absolute atomic E-state index is 0.230. The number of aryl methyl sites for hydroxylation is 1. The van der Waals surface area contributed by atoms with Gasteiger partial charge in [-0.25, -0.2) is 4.98 Å². The Hall–Kier alpha value is -2.70. The van der Waals surface area contributed by atoms with Crippen LogP contribution in [0.15, 0.2) is 42.5 Å². The summed E-state index contributed by atoms with van der Waals surface area (Å²) in [5.74, 6) is 2.46. The zero-order valence-electron chi connectivity index (χ0n) is 13.7. The van der Waals surface area contributed by atoms with Gasteiger partial charge in [0, 0.05) is 28.5 Å². The van der Waals surface area contributed by atoms with Crippen LogP contribution < -0.4 is 20.1 Å². The van der Waals surface area contributed by atoms with Gasteiger partial charge in [0.2, 0.25) is 12.7 Å². The lowest BCUT2D eigenvalue weighted by Crippen LogP contribution is -2.02. The van der Waals surface area contributed by atoms with Crippen LogP contribution in [0.1, 0.15) is 5.69 Å². The van der Waals surface area contributed by atoms with Crippen molar-refractivity contribution in [3.8, 4) is 11.5 Å². The molecule has 3 aromatic rings. The van der Waals surface area contributed by atoms with Crippen molar-refractivity contribution < 1.29 is 9.47 Å². The van der Waals surface area contributed by atoms with Crippen molar-refractivity contribution in [1.29, 1.82) is 0 Å². The molecule has 2 aromatic carbocycles. The molecule has 0 saturated carbocycles. The number of nitrogens with zero attached hydrogens (tertiary/aromatic N) is 2. The number of fused-ring (bicyclic) bond motifs is 1. The van der Waals surface area contributed by atoms with E-state index in [1.165, 1.54) is 0 Å². The Labute approximate surface area is 160 Å². The standard InChI is InChI=1S/C18H14Cl2N4O2/c1-10-6-17(23-14-7-11(19)2-4-13(14)20)24-18(21-10)22-12-3-5-15-16(8-12)26-9-25-15/h2-8H,9H2,1H3,(H2,21,22,23,24). The monoisotopic (exact) mass is 388 g/mol. The van der Waals surface area contributed by atoms with Gasteiger partial charge in [0.1, 0.15) is 5.82 Å². The molecule has 0 radical (unpaired) electrons. The summed E-state index contributed by atoms with van der Waals surface area (Å²) >= 11 is 12.2. The predicted octanol–water partition coefficient (Wildman–Crippen LogP) is 5.31. The lowest BCUT2D eigenvalue weighted by Gasteiger charge is -2.11. The van der Waals surface area contributed by atoms with E-state index >= 15 is 0 Å². The normalized spacial score (nSPS) is 12.1. The summed E-state index contributed by atoms with van der Waals surface area (Å²) in [6.45, 7) is 2.12. The Bertz CT molecular complexity index is 981. The third kappa shape index (κ3) is 3.61. The summed E-state index contributed by atoms with van der Waals surface area (Å²) in [5.41, 5.74) is 2.27. The molecular formula is C18H14Cl2N4O2. The van der Waals surface area contributed by atoms with Gasteiger partial charge in [0.25, 0.3) is 0 Å². The molecule has 1 aliphatic heterocycles. The first-order chi connectivity index (χ1) is 12.6. The molecule has 0 unspecified atom stereocenters. The first-order valence-electron chi connectivity index (χ1n) is 7.81. The van der Waals surface area contributed by atoms with Gasteiger partial charge in [-0.2, -0.15) is 4.98 Å². The van der Waals surface area contributed by atoms with Gasteiger partial charge >= 0.3 is 0 Å². The van der Waals surface area contributed by atoms with Crippen molar-refractivity contribution in [3.05, 3.63) is 58.2 Å². The highest BCUT2D eigenvalue weighted by molar-refractivity contribution is 6.35. The first kappa shape index (κ1) is 16.8. The van der Waals surface area contributed by atoms with Crippen LogP contribution in [0.2, 0.25) is 10.0 Å². The van der Waals surface area contributed by atoms with Crippen LogP contribution in [-0.4, -0.2) is 16.8 Å². The highest BCUT2D eigenvalue weighted by Gasteiger charge is 2.14. The Morgan fingerprint density at radius 3 is 2.65 bits per heavy atom. The maximum atomic E-state index is 6.20. The molecule has 0 atom stereocenters. The molecule has 0 amide bonds. The van der Waals surface area contributed by atoms with Crippen molar-refractivity contribution in [2.45, 2.75) is 6.92 Å². The quantitative estimate of drug-likeness (QED) is 0.631. The van der Waals surface area contributed by atoms with Gasteiger partial charge in [0.15, 0.2) is 11.5 Å². The molecule has 132 valence electrons. The molecule has 8 heteroatoms. The smallest absolute Gasteiger partial charge is 0.231 e. The zero-order valence-corrected chi connectivity index (χ0v) is 15.2. The molecule has 4 rings (SSSR count). The summed E-state index contributed by atoms with van der Waals surface area (Å²) in [4.78, 5) is 8.89. The van der Waals surface area contributed by atoms with Crippen LogP contribution in [0, 0.1) is 6.92 Å². The van der Waals surface area contributed by atoms with E-state index in [-0.39, 0.29) is 6.79 Å². The van der Waals surface area contributed by atoms with Gasteiger partial charge in [-0.15, -0.1) is 0 Å². The second-order valence-electron chi connectivity index (χ2n) is 5.66. The highest BCUT2D eigenvalue weighted by Crippen LogP contribution is 2.35. The minimum atomic E-state index is 0.230. The van der Waals surface area contributed by atoms with E-state index in [1.54, 1.807) is 18.2 Å². The van der Waals surface area contributed by atoms with Crippen LogP contribution in [0.5, 0.6) is 11.5 Å². The third-order valence-corrected chi connectivity index (χ3v) is 4.24. The number of hydrogen-bond acceptors (Lipinski definition) is 6. The van der Waals surface area contributed by atoms with Crippen molar-refractivity contribution in [2.75, 3.05) is 17.4 Å². The van der Waals surface area contributed by atoms with Crippen LogP contribution in [0.4, 0.5) is 23.1 Å². The van der Waals surface area contributed by atoms with E-state index in [0.717, 1.165) is 17.1 Å². The summed E-state index contributed by atoms with van der Waals surface area (Å²) in [7, 11) is 0. The van der Waals surface area contributed by atoms with Gasteiger partial charge in [-0.3, -0.25) is 0 Å². The number of nitrogens with one attached hydrogen (secondary N) is 2. The van der Waals surface area contributed by atoms with Gasteiger partial charge in [0.05, 0.1) is 10.7 Å². The summed E-state index contributed by atoms with van der Waals surface area (Å²) in [6, 6.07) is 12.6. The number of rotatable bonds is 4. The largest absolute Gasteiger partial charge is 0.454 e. The molecule has 0 aliphatic carbocycles. The fraction of sp³-hybridized carbons (Fsp3) is 0.111. The van der Waals surface area contributed by atoms with Gasteiger partial charge in [-0.05, 0) is 37.3 Å². The number of ether oxygens (including phenoxy) is 2. The molecule has 0 spiro atoms. The highest BCUT2D eigenvalue weighted by atomic mass is 35.5. The van der Waals surface area contributed by atoms with Crippen molar-refractivity contribution in [1.82, 2.24) is 9.97 Å². The van der Waals surface area contributed by atoms with Gasteiger partial charge < -0.3 is 20.1 Å². The molecule has 0 fully saturated rings. The molecule has 1 aliphatic rings. The number of hydrogen-bond donors (Lipinski definition) is 2. The SMILES string of the molecule is Cc1cc(Nc2cc(Cl)ccc2Cl)nc(Nc2ccc3c(c2)OCO3)n1. The van der Waals surface area contributed by atoms with Crippen LogP contribution >= 0.6 is 23.2 Å². The Morgan fingerprint density at radius 2 is 1.77 bits per heavy atom. The molecular weight excluding hydrogens is 375 g/mol. The van der Waals surface area contributed by atoms with E-state index in [1.807, 2.05) is 31.2 Å². The summed E-state index contributed by atoms with van der Waals surface area (Å²) in [6.07, 6.45) is 0. The molecule has 1 aromatic heterocycles. The van der Waals surface area contributed by atoms with E-state index in [4.69, 9.17) is 32.7 Å². The zero-order chi connectivity index (χ0) is 18.1. The van der Waals surface area contributed by atoms with Crippen molar-refractivity contribution >= 4 is 46.3 Å². The fourth-order valence-corrected chi connectivity index (χ4v) is 2.86. The van der Waals surface area contributed by atoms with E-state index in [9.17, 15) is 0 Å². The van der Waals surface area contributed by atoms with E-state index in [0.29, 0.717) is 33.2 Å². The van der Waals surface area contributed by atoms with Crippen LogP contribution in [0.25, 0.3) is 0 Å². The lowest BCUT2D eigenvalue weighted by atomic mass is 10.3. The number of benzene rings is 2. The Balaban J connectivity index is 1.59. The topological polar surface area (TPSA) is 68.3 Å². The average molecular weight is 389 g/mol. The number of halogens is 2. The van der Waals surface area contributed by atoms with Crippen LogP contribution in [-0.2, 0) is 0 Å². The molecule has 2 N–H and O–H groups in total. The number of aromatic nitrogens is 2. The first-order valence-corrected chi connectivity index (χ1v) is 8.57. The van der Waals surface area contributed by atoms with E-state index < -0.39 is 0 Å². The lowest BCUT2D eigenvalue weighted by molar-refractivity contribution is 0.174. The average Bonchev–Trinajstić information content (AvgIpc) is 3.05. The van der Waals surface area contributed by atoms with Crippen LogP contribution in [0.3, 0.4) is 0 Å². The molecule has 0 bridgehead atoms. The summed E-state index contributed by atoms with van der Waals surface area (Å²) < 4.78 is 10.7. The summed E-state index contributed by atoms with van der Waals surface area (Å²) in [5, 5.41) is 7.48. The van der Waals surface area contributed by atoms with Crippen molar-refractivity contribution in [3.63, 3.8) is 0 Å². The molecule has 6 nitrogen and oxygen atoms in total. The molecule has 0 saturated heterocycles. The Kier molecular flexibility index (Phi) is 4.44. The molecule has 2 heterocycles.